The molecule has 1 heterocycles. The van der Waals surface area contributed by atoms with Gasteiger partial charge in [-0.2, -0.15) is 0 Å². The third kappa shape index (κ3) is 2.50. The minimum atomic E-state index is -0.513. The van der Waals surface area contributed by atoms with E-state index < -0.39 is 4.92 Å². The van der Waals surface area contributed by atoms with Crippen LogP contribution in [0.4, 0.5) is 11.4 Å². The molecule has 1 aliphatic rings. The number of rotatable bonds is 4. The van der Waals surface area contributed by atoms with E-state index in [1.807, 2.05) is 0 Å². The highest BCUT2D eigenvalue weighted by Gasteiger charge is 2.33. The number of nitrogens with zero attached hydrogens (tertiary/aromatic N) is 2. The van der Waals surface area contributed by atoms with E-state index in [2.05, 4.69) is 0 Å². The van der Waals surface area contributed by atoms with Crippen LogP contribution < -0.4 is 15.4 Å². The zero-order valence-electron chi connectivity index (χ0n) is 10.5. The molecule has 0 aromatic heterocycles. The van der Waals surface area contributed by atoms with Crippen molar-refractivity contribution >= 4 is 17.3 Å². The first-order valence-electron chi connectivity index (χ1n) is 5.89. The highest BCUT2D eigenvalue weighted by molar-refractivity contribution is 5.98. The minimum absolute atomic E-state index is 0.0502. The third-order valence-electron chi connectivity index (χ3n) is 3.21. The summed E-state index contributed by atoms with van der Waals surface area (Å²) in [6, 6.07) is 4.46. The lowest BCUT2D eigenvalue weighted by molar-refractivity contribution is -0.384. The van der Waals surface area contributed by atoms with Gasteiger partial charge >= 0.3 is 0 Å². The first-order valence-corrected chi connectivity index (χ1v) is 5.89. The van der Waals surface area contributed by atoms with Gasteiger partial charge in [-0.15, -0.1) is 0 Å². The molecular weight excluding hydrogens is 250 g/mol. The normalized spacial score (nSPS) is 18.7. The number of carbonyl (C=O) groups is 1. The second kappa shape index (κ2) is 5.23. The van der Waals surface area contributed by atoms with E-state index >= 15 is 0 Å². The molecule has 0 saturated carbocycles. The Morgan fingerprint density at radius 1 is 1.58 bits per heavy atom. The smallest absolute Gasteiger partial charge is 0.296 e. The number of hydrogen-bond acceptors (Lipinski definition) is 5. The summed E-state index contributed by atoms with van der Waals surface area (Å²) in [6.07, 6.45) is 0.333. The molecule has 7 heteroatoms. The van der Waals surface area contributed by atoms with E-state index in [4.69, 9.17) is 10.5 Å². The second-order valence-corrected chi connectivity index (χ2v) is 4.42. The molecular formula is C12H15N3O4. The number of anilines is 1. The first kappa shape index (κ1) is 13.3. The number of methoxy groups -OCH3 is 1. The van der Waals surface area contributed by atoms with Gasteiger partial charge in [-0.3, -0.25) is 14.9 Å². The van der Waals surface area contributed by atoms with Gasteiger partial charge < -0.3 is 15.4 Å². The van der Waals surface area contributed by atoms with E-state index in [9.17, 15) is 14.9 Å². The maximum atomic E-state index is 11.9. The number of hydrogen-bond donors (Lipinski definition) is 1. The number of nitro groups is 1. The topological polar surface area (TPSA) is 98.7 Å². The lowest BCUT2D eigenvalue weighted by Gasteiger charge is -2.17. The summed E-state index contributed by atoms with van der Waals surface area (Å²) in [5, 5.41) is 11.1. The molecule has 2 rings (SSSR count). The molecule has 7 nitrogen and oxygen atoms in total. The van der Waals surface area contributed by atoms with Crippen molar-refractivity contribution in [3.8, 4) is 5.75 Å². The number of nitro benzene ring substituents is 1. The lowest BCUT2D eigenvalue weighted by atomic mass is 10.1. The Labute approximate surface area is 110 Å². The average Bonchev–Trinajstić information content (AvgIpc) is 2.79. The summed E-state index contributed by atoms with van der Waals surface area (Å²) >= 11 is 0. The Morgan fingerprint density at radius 3 is 2.84 bits per heavy atom. The first-order chi connectivity index (χ1) is 9.06. The van der Waals surface area contributed by atoms with Crippen molar-refractivity contribution < 1.29 is 14.5 Å². The standard InChI is InChI=1S/C12H15N3O4/c1-19-9-2-3-10(11(5-9)15(17)18)14-7-8(6-13)4-12(14)16/h2-3,5,8H,4,6-7,13H2,1H3. The van der Waals surface area contributed by atoms with Gasteiger partial charge in [0.1, 0.15) is 11.4 Å². The molecule has 1 amide bonds. The molecule has 0 spiro atoms. The highest BCUT2D eigenvalue weighted by Crippen LogP contribution is 2.35. The SMILES string of the molecule is COc1ccc(N2CC(CN)CC2=O)c([N+](=O)[O-])c1. The molecule has 102 valence electrons. The molecule has 1 aliphatic heterocycles. The van der Waals surface area contributed by atoms with Crippen LogP contribution in [0.5, 0.6) is 5.75 Å². The molecule has 1 atom stereocenters. The molecule has 1 aromatic rings. The zero-order valence-corrected chi connectivity index (χ0v) is 10.5. The van der Waals surface area contributed by atoms with Crippen molar-refractivity contribution in [2.24, 2.45) is 11.7 Å². The Bertz CT molecular complexity index is 518. The second-order valence-electron chi connectivity index (χ2n) is 4.42. The van der Waals surface area contributed by atoms with E-state index in [-0.39, 0.29) is 17.5 Å². The van der Waals surface area contributed by atoms with Crippen LogP contribution >= 0.6 is 0 Å². The predicted octanol–water partition coefficient (Wildman–Crippen LogP) is 0.915. The summed E-state index contributed by atoms with van der Waals surface area (Å²) in [6.45, 7) is 0.814. The van der Waals surface area contributed by atoms with Crippen molar-refractivity contribution in [1.82, 2.24) is 0 Å². The van der Waals surface area contributed by atoms with Crippen LogP contribution in [0.2, 0.25) is 0 Å². The van der Waals surface area contributed by atoms with Gasteiger partial charge in [-0.1, -0.05) is 0 Å². The van der Waals surface area contributed by atoms with Gasteiger partial charge in [0.05, 0.1) is 18.1 Å². The fourth-order valence-electron chi connectivity index (χ4n) is 2.18. The van der Waals surface area contributed by atoms with Gasteiger partial charge in [0.2, 0.25) is 5.91 Å². The molecule has 1 fully saturated rings. The molecule has 19 heavy (non-hydrogen) atoms. The van der Waals surface area contributed by atoms with Crippen LogP contribution in [0.25, 0.3) is 0 Å². The van der Waals surface area contributed by atoms with E-state index in [1.54, 1.807) is 6.07 Å². The third-order valence-corrected chi connectivity index (χ3v) is 3.21. The maximum Gasteiger partial charge on any atom is 0.296 e. The van der Waals surface area contributed by atoms with Crippen molar-refractivity contribution in [3.63, 3.8) is 0 Å². The predicted molar refractivity (Wildman–Crippen MR) is 69.2 cm³/mol. The van der Waals surface area contributed by atoms with Crippen molar-refractivity contribution in [2.75, 3.05) is 25.1 Å². The average molecular weight is 265 g/mol. The lowest BCUT2D eigenvalue weighted by Crippen LogP contribution is -2.26. The Kier molecular flexibility index (Phi) is 3.66. The fourth-order valence-corrected chi connectivity index (χ4v) is 2.18. The summed E-state index contributed by atoms with van der Waals surface area (Å²) in [5.74, 6) is 0.301. The Morgan fingerprint density at radius 2 is 2.32 bits per heavy atom. The number of nitrogens with two attached hydrogens (primary N) is 1. The summed E-state index contributed by atoms with van der Waals surface area (Å²) in [5.41, 5.74) is 5.71. The van der Waals surface area contributed by atoms with Crippen molar-refractivity contribution in [3.05, 3.63) is 28.3 Å². The number of ether oxygens (including phenoxy) is 1. The molecule has 1 saturated heterocycles. The maximum absolute atomic E-state index is 11.9. The quantitative estimate of drug-likeness (QED) is 0.644. The Balaban J connectivity index is 2.39. The zero-order chi connectivity index (χ0) is 14.0. The van der Waals surface area contributed by atoms with Gasteiger partial charge in [0, 0.05) is 13.0 Å². The fraction of sp³-hybridized carbons (Fsp3) is 0.417. The van der Waals surface area contributed by atoms with E-state index in [0.717, 1.165) is 0 Å². The van der Waals surface area contributed by atoms with Gasteiger partial charge in [-0.25, -0.2) is 0 Å². The van der Waals surface area contributed by atoms with Crippen LogP contribution in [-0.4, -0.2) is 31.0 Å². The van der Waals surface area contributed by atoms with Crippen LogP contribution in [0, 0.1) is 16.0 Å². The van der Waals surface area contributed by atoms with E-state index in [1.165, 1.54) is 24.1 Å². The van der Waals surface area contributed by atoms with Gasteiger partial charge in [0.25, 0.3) is 5.69 Å². The van der Waals surface area contributed by atoms with Gasteiger partial charge in [-0.05, 0) is 24.6 Å². The molecule has 2 N–H and O–H groups in total. The van der Waals surface area contributed by atoms with E-state index in [0.29, 0.717) is 30.9 Å². The number of amides is 1. The summed E-state index contributed by atoms with van der Waals surface area (Å²) in [4.78, 5) is 23.9. The van der Waals surface area contributed by atoms with Crippen LogP contribution in [-0.2, 0) is 4.79 Å². The van der Waals surface area contributed by atoms with Gasteiger partial charge in [0.15, 0.2) is 0 Å². The molecule has 0 bridgehead atoms. The van der Waals surface area contributed by atoms with Crippen molar-refractivity contribution in [2.45, 2.75) is 6.42 Å². The Hall–Kier alpha value is -2.15. The largest absolute Gasteiger partial charge is 0.496 e. The number of carbonyl (C=O) groups excluding carboxylic acids is 1. The number of benzene rings is 1. The molecule has 1 aromatic carbocycles. The molecule has 0 radical (unpaired) electrons. The summed E-state index contributed by atoms with van der Waals surface area (Å²) < 4.78 is 4.96. The minimum Gasteiger partial charge on any atom is -0.496 e. The molecule has 1 unspecified atom stereocenters. The monoisotopic (exact) mass is 265 g/mol. The van der Waals surface area contributed by atoms with Crippen LogP contribution in [0.15, 0.2) is 18.2 Å². The highest BCUT2D eigenvalue weighted by atomic mass is 16.6. The van der Waals surface area contributed by atoms with Crippen LogP contribution in [0.1, 0.15) is 6.42 Å². The molecule has 0 aliphatic carbocycles. The summed E-state index contributed by atoms with van der Waals surface area (Å²) in [7, 11) is 1.43. The van der Waals surface area contributed by atoms with Crippen LogP contribution in [0.3, 0.4) is 0 Å². The van der Waals surface area contributed by atoms with Crippen molar-refractivity contribution in [1.29, 1.82) is 0 Å².